The third kappa shape index (κ3) is 10.2. The van der Waals surface area contributed by atoms with Crippen molar-refractivity contribution < 1.29 is 48.1 Å². The number of esters is 3. The van der Waals surface area contributed by atoms with Crippen LogP contribution < -0.4 is 10.6 Å². The number of anilines is 1. The number of amidine groups is 1. The summed E-state index contributed by atoms with van der Waals surface area (Å²) in [6.45, 7) is 11.5. The van der Waals surface area contributed by atoms with Crippen LogP contribution in [0.25, 0.3) is 22.8 Å². The number of allylic oxidation sites excluding steroid dienone is 1. The number of carbonyl (C=O) groups excluding carboxylic acids is 5. The molecule has 2 amide bonds. The maximum absolute atomic E-state index is 13.8. The number of hydrogen-bond acceptors (Lipinski definition) is 11. The van der Waals surface area contributed by atoms with E-state index in [1.54, 1.807) is 94.4 Å². The van der Waals surface area contributed by atoms with Crippen LogP contribution in [0.3, 0.4) is 0 Å². The quantitative estimate of drug-likeness (QED) is 0.0943. The zero-order valence-corrected chi connectivity index (χ0v) is 33.1. The number of nitrogens with one attached hydrogen (secondary N) is 3. The lowest BCUT2D eigenvalue weighted by atomic mass is 9.90. The zero-order valence-electron chi connectivity index (χ0n) is 32.3. The van der Waals surface area contributed by atoms with Crippen LogP contribution in [-0.4, -0.2) is 81.9 Å². The fourth-order valence-corrected chi connectivity index (χ4v) is 5.98. The highest BCUT2D eigenvalue weighted by Crippen LogP contribution is 2.40. The monoisotopic (exact) mass is 786 g/mol. The number of carboxylic acid groups (broad SMARTS) is 1. The Morgan fingerprint density at radius 1 is 0.857 bits per heavy atom. The number of thioether (sulfide) groups is 1. The van der Waals surface area contributed by atoms with Gasteiger partial charge in [0.1, 0.15) is 22.8 Å². The SMILES string of the molecule is CCOC(=O)C1=C(c2ccccc2)C(=Cc2[nH]c(NC(=O)C(C)OC(=O)C(C)(C)CC)c(C(=O)OCC)c2-c2ccccc2)N=C1NC(=O)C(C)SCC(=O)O. The Labute approximate surface area is 329 Å². The topological polar surface area (TPSA) is 203 Å². The van der Waals surface area contributed by atoms with Crippen molar-refractivity contribution in [3.8, 4) is 11.1 Å². The maximum atomic E-state index is 13.8. The number of carbonyl (C=O) groups is 6. The summed E-state index contributed by atoms with van der Waals surface area (Å²) in [6, 6.07) is 17.7. The first-order valence-electron chi connectivity index (χ1n) is 18.1. The minimum Gasteiger partial charge on any atom is -0.481 e. The minimum atomic E-state index is -1.24. The molecule has 0 spiro atoms. The van der Waals surface area contributed by atoms with Crippen LogP contribution in [0.4, 0.5) is 5.82 Å². The average molecular weight is 787 g/mol. The molecule has 4 N–H and O–H groups in total. The summed E-state index contributed by atoms with van der Waals surface area (Å²) in [6.07, 6.45) is 0.808. The fourth-order valence-electron chi connectivity index (χ4n) is 5.38. The molecule has 0 saturated carbocycles. The Hall–Kier alpha value is -5.96. The number of ether oxygens (including phenoxy) is 3. The normalized spacial score (nSPS) is 14.4. The number of nitrogens with zero attached hydrogens (tertiary/aromatic N) is 1. The Morgan fingerprint density at radius 3 is 2.02 bits per heavy atom. The highest BCUT2D eigenvalue weighted by molar-refractivity contribution is 8.01. The molecule has 2 heterocycles. The molecule has 0 bridgehead atoms. The van der Waals surface area contributed by atoms with Crippen LogP contribution in [0.2, 0.25) is 0 Å². The van der Waals surface area contributed by atoms with E-state index in [0.29, 0.717) is 28.7 Å². The lowest BCUT2D eigenvalue weighted by Crippen LogP contribution is -2.38. The van der Waals surface area contributed by atoms with Crippen LogP contribution in [0.5, 0.6) is 0 Å². The van der Waals surface area contributed by atoms with Gasteiger partial charge in [0.05, 0.1) is 41.0 Å². The van der Waals surface area contributed by atoms with Crippen LogP contribution >= 0.6 is 11.8 Å². The van der Waals surface area contributed by atoms with E-state index in [1.165, 1.54) is 13.8 Å². The van der Waals surface area contributed by atoms with Gasteiger partial charge in [0.25, 0.3) is 5.91 Å². The molecule has 0 radical (unpaired) electrons. The van der Waals surface area contributed by atoms with Crippen molar-refractivity contribution >= 4 is 70.8 Å². The second-order valence-electron chi connectivity index (χ2n) is 13.2. The summed E-state index contributed by atoms with van der Waals surface area (Å²) in [4.78, 5) is 86.2. The molecule has 296 valence electrons. The van der Waals surface area contributed by atoms with Gasteiger partial charge in [0.15, 0.2) is 6.10 Å². The maximum Gasteiger partial charge on any atom is 0.342 e. The predicted octanol–water partition coefficient (Wildman–Crippen LogP) is 6.26. The molecule has 3 aromatic rings. The molecule has 2 atom stereocenters. The molecule has 1 aliphatic rings. The molecule has 0 saturated heterocycles. The van der Waals surface area contributed by atoms with Crippen molar-refractivity contribution in [1.82, 2.24) is 10.3 Å². The van der Waals surface area contributed by atoms with Gasteiger partial charge < -0.3 is 34.9 Å². The van der Waals surface area contributed by atoms with Gasteiger partial charge in [-0.25, -0.2) is 14.6 Å². The van der Waals surface area contributed by atoms with Gasteiger partial charge in [-0.3, -0.25) is 19.2 Å². The number of hydrogen-bond donors (Lipinski definition) is 4. The third-order valence-corrected chi connectivity index (χ3v) is 9.90. The molecule has 56 heavy (non-hydrogen) atoms. The van der Waals surface area contributed by atoms with Gasteiger partial charge in [-0.1, -0.05) is 67.6 Å². The number of carboxylic acids is 1. The predicted molar refractivity (Wildman–Crippen MR) is 214 cm³/mol. The van der Waals surface area contributed by atoms with Crippen molar-refractivity contribution in [3.05, 3.63) is 88.8 Å². The Balaban J connectivity index is 1.96. The fraction of sp³-hybridized carbons (Fsp3) is 0.341. The number of aromatic nitrogens is 1. The molecular formula is C41H46N4O10S. The van der Waals surface area contributed by atoms with Gasteiger partial charge in [-0.15, -0.1) is 11.8 Å². The van der Waals surface area contributed by atoms with Crippen LogP contribution in [0.1, 0.15) is 76.5 Å². The summed E-state index contributed by atoms with van der Waals surface area (Å²) in [5.74, 6) is -5.01. The molecule has 1 aliphatic heterocycles. The third-order valence-electron chi connectivity index (χ3n) is 8.77. The summed E-state index contributed by atoms with van der Waals surface area (Å²) in [7, 11) is 0. The highest BCUT2D eigenvalue weighted by Gasteiger charge is 2.35. The van der Waals surface area contributed by atoms with E-state index in [1.807, 2.05) is 6.92 Å². The van der Waals surface area contributed by atoms with Gasteiger partial charge >= 0.3 is 23.9 Å². The van der Waals surface area contributed by atoms with Crippen molar-refractivity contribution in [1.29, 1.82) is 0 Å². The van der Waals surface area contributed by atoms with Crippen molar-refractivity contribution in [2.45, 2.75) is 66.2 Å². The lowest BCUT2D eigenvalue weighted by molar-refractivity contribution is -0.162. The molecule has 0 fully saturated rings. The first-order valence-corrected chi connectivity index (χ1v) is 19.1. The highest BCUT2D eigenvalue weighted by atomic mass is 32.2. The Morgan fingerprint density at radius 2 is 1.45 bits per heavy atom. The first kappa shape index (κ1) is 42.8. The molecule has 0 aliphatic carbocycles. The summed E-state index contributed by atoms with van der Waals surface area (Å²) in [5.41, 5.74) is 1.24. The average Bonchev–Trinajstić information content (AvgIpc) is 3.71. The molecule has 1 aromatic heterocycles. The van der Waals surface area contributed by atoms with Crippen molar-refractivity contribution in [2.75, 3.05) is 24.3 Å². The molecule has 15 heteroatoms. The van der Waals surface area contributed by atoms with E-state index in [9.17, 15) is 28.8 Å². The molecule has 14 nitrogen and oxygen atoms in total. The smallest absolute Gasteiger partial charge is 0.342 e. The van der Waals surface area contributed by atoms with E-state index in [-0.39, 0.29) is 53.1 Å². The number of amides is 2. The summed E-state index contributed by atoms with van der Waals surface area (Å²) < 4.78 is 16.4. The first-order chi connectivity index (χ1) is 26.6. The number of benzene rings is 2. The molecule has 2 unspecified atom stereocenters. The van der Waals surface area contributed by atoms with E-state index in [2.05, 4.69) is 15.6 Å². The van der Waals surface area contributed by atoms with E-state index in [4.69, 9.17) is 24.3 Å². The second-order valence-corrected chi connectivity index (χ2v) is 14.5. The van der Waals surface area contributed by atoms with Gasteiger partial charge in [0.2, 0.25) is 5.91 Å². The van der Waals surface area contributed by atoms with Crippen LogP contribution in [0.15, 0.2) is 76.9 Å². The van der Waals surface area contributed by atoms with E-state index < -0.39 is 52.5 Å². The Kier molecular flexibility index (Phi) is 14.6. The number of H-pyrrole nitrogens is 1. The van der Waals surface area contributed by atoms with Gasteiger partial charge in [-0.2, -0.15) is 0 Å². The number of aliphatic imine (C=N–C) groups is 1. The standard InChI is InChI=1S/C41H46N4O10S/c1-8-41(6,7)40(52)55-23(4)36(48)44-34-32(38(50)53-9-2)30(25-17-13-11-14-18-25)27(42-34)21-28-31(26-19-15-12-16-20-26)33(39(51)54-10-3)35(43-28)45-37(49)24(5)56-22-29(46)47/h11-21,23-24,42H,8-10,22H2,1-7H3,(H,44,48)(H,46,47)(H,43,45,49). The number of aromatic amines is 1. The van der Waals surface area contributed by atoms with Crippen LogP contribution in [0, 0.1) is 5.41 Å². The van der Waals surface area contributed by atoms with Gasteiger partial charge in [-0.05, 0) is 65.2 Å². The molecule has 2 aromatic carbocycles. The van der Waals surface area contributed by atoms with E-state index >= 15 is 0 Å². The van der Waals surface area contributed by atoms with E-state index in [0.717, 1.165) is 11.8 Å². The lowest BCUT2D eigenvalue weighted by Gasteiger charge is -2.23. The van der Waals surface area contributed by atoms with Crippen molar-refractivity contribution in [3.63, 3.8) is 0 Å². The number of aliphatic carboxylic acids is 1. The summed E-state index contributed by atoms with van der Waals surface area (Å²) in [5, 5.41) is 13.7. The second kappa shape index (κ2) is 19.1. The molecule has 4 rings (SSSR count). The van der Waals surface area contributed by atoms with Crippen molar-refractivity contribution in [2.24, 2.45) is 10.4 Å². The minimum absolute atomic E-state index is 0.0138. The zero-order chi connectivity index (χ0) is 41.2. The molecular weight excluding hydrogens is 741 g/mol. The largest absolute Gasteiger partial charge is 0.481 e. The van der Waals surface area contributed by atoms with Crippen LogP contribution in [-0.2, 0) is 38.2 Å². The number of rotatable bonds is 16. The van der Waals surface area contributed by atoms with Gasteiger partial charge in [0, 0.05) is 11.1 Å². The summed E-state index contributed by atoms with van der Waals surface area (Å²) >= 11 is 0.895. The Bertz CT molecular complexity index is 2070.